The number of thiophene rings is 1. The van der Waals surface area contributed by atoms with Crippen LogP contribution in [0.3, 0.4) is 0 Å². The lowest BCUT2D eigenvalue weighted by Gasteiger charge is -2.31. The topological polar surface area (TPSA) is 443 Å². The van der Waals surface area contributed by atoms with Crippen molar-refractivity contribution in [3.8, 4) is 5.75 Å². The van der Waals surface area contributed by atoms with Crippen LogP contribution in [0.2, 0.25) is 0 Å². The van der Waals surface area contributed by atoms with Crippen molar-refractivity contribution < 1.29 is 72.9 Å². The molecule has 17 N–H and O–H groups in total. The van der Waals surface area contributed by atoms with E-state index in [1.807, 2.05) is 13.8 Å². The van der Waals surface area contributed by atoms with Gasteiger partial charge < -0.3 is 80.0 Å². The monoisotopic (exact) mass is 1280 g/mol. The number of aromatic hydroxyl groups is 1. The third kappa shape index (κ3) is 23.6. The summed E-state index contributed by atoms with van der Waals surface area (Å²) in [5, 5.41) is 52.0. The quantitative estimate of drug-likeness (QED) is 0.0280. The lowest BCUT2D eigenvalue weighted by Crippen LogP contribution is -2.61. The van der Waals surface area contributed by atoms with Crippen LogP contribution >= 0.6 is 11.3 Å². The number of carbonyl (C=O) groups is 12. The second-order valence-electron chi connectivity index (χ2n) is 23.1. The van der Waals surface area contributed by atoms with E-state index >= 15 is 4.79 Å². The van der Waals surface area contributed by atoms with Crippen LogP contribution in [0.5, 0.6) is 5.75 Å². The molecule has 5 rings (SSSR count). The van der Waals surface area contributed by atoms with E-state index in [9.17, 15) is 68.1 Å². The summed E-state index contributed by atoms with van der Waals surface area (Å²) in [6.07, 6.45) is -1.71. The molecule has 4 aromatic rings. The van der Waals surface area contributed by atoms with Crippen molar-refractivity contribution in [1.29, 1.82) is 0 Å². The minimum absolute atomic E-state index is 0.0289. The molecule has 1 aliphatic rings. The summed E-state index contributed by atoms with van der Waals surface area (Å²) >= 11 is 1.21. The first-order valence-corrected chi connectivity index (χ1v) is 30.9. The maximum Gasteiger partial charge on any atom is 0.326 e. The van der Waals surface area contributed by atoms with E-state index in [-0.39, 0.29) is 75.6 Å². The normalized spacial score (nSPS) is 15.8. The number of nitrogens with two attached hydrogens (primary N) is 3. The molecular weight excluding hydrogens is 1200 g/mol. The molecule has 0 aliphatic carbocycles. The van der Waals surface area contributed by atoms with E-state index in [4.69, 9.17) is 17.2 Å². The number of nitrogens with one attached hydrogen (secondary N) is 8. The molecule has 0 spiro atoms. The number of nitrogens with zero attached hydrogens (tertiary/aromatic N) is 1. The highest BCUT2D eigenvalue weighted by molar-refractivity contribution is 7.09. The fourth-order valence-corrected chi connectivity index (χ4v) is 10.8. The fraction of sp³-hybridized carbons (Fsp3) is 0.460. The van der Waals surface area contributed by atoms with E-state index in [1.165, 1.54) is 28.4 Å². The lowest BCUT2D eigenvalue weighted by atomic mass is 9.99. The van der Waals surface area contributed by atoms with Gasteiger partial charge in [-0.2, -0.15) is 0 Å². The maximum absolute atomic E-state index is 15.0. The summed E-state index contributed by atoms with van der Waals surface area (Å²) < 4.78 is 0. The number of carboxylic acid groups (broad SMARTS) is 2. The Morgan fingerprint density at radius 1 is 0.549 bits per heavy atom. The van der Waals surface area contributed by atoms with E-state index in [0.717, 1.165) is 0 Å². The van der Waals surface area contributed by atoms with E-state index in [1.54, 1.807) is 104 Å². The molecule has 10 atom stereocenters. The molecule has 1 saturated heterocycles. The van der Waals surface area contributed by atoms with Gasteiger partial charge in [0.2, 0.25) is 59.1 Å². The molecule has 492 valence electrons. The zero-order valence-electron chi connectivity index (χ0n) is 51.3. The predicted molar refractivity (Wildman–Crippen MR) is 335 cm³/mol. The number of phenolic OH excluding ortho intramolecular Hbond substituents is 1. The van der Waals surface area contributed by atoms with Crippen LogP contribution in [0.4, 0.5) is 0 Å². The van der Waals surface area contributed by atoms with Crippen LogP contribution < -0.4 is 59.7 Å². The van der Waals surface area contributed by atoms with Crippen LogP contribution in [0, 0.1) is 11.8 Å². The second-order valence-corrected chi connectivity index (χ2v) is 24.2. The van der Waals surface area contributed by atoms with Gasteiger partial charge in [-0.1, -0.05) is 107 Å². The van der Waals surface area contributed by atoms with Crippen LogP contribution in [0.25, 0.3) is 0 Å². The van der Waals surface area contributed by atoms with Gasteiger partial charge in [0.25, 0.3) is 0 Å². The van der Waals surface area contributed by atoms with Crippen LogP contribution in [-0.2, 0) is 83.2 Å². The first-order chi connectivity index (χ1) is 43.2. The second kappa shape index (κ2) is 35.8. The van der Waals surface area contributed by atoms with Gasteiger partial charge in [0.15, 0.2) is 0 Å². The number of carboxylic acids is 2. The largest absolute Gasteiger partial charge is 0.508 e. The number of likely N-dealkylation sites (tertiary alicyclic amines) is 1. The smallest absolute Gasteiger partial charge is 0.326 e. The summed E-state index contributed by atoms with van der Waals surface area (Å²) in [7, 11) is 0. The summed E-state index contributed by atoms with van der Waals surface area (Å²) in [6.45, 7) is 7.38. The molecule has 0 saturated carbocycles. The first kappa shape index (κ1) is 72.5. The average molecular weight is 1280 g/mol. The molecule has 1 aromatic heterocycles. The van der Waals surface area contributed by atoms with Gasteiger partial charge in [-0.05, 0) is 90.8 Å². The zero-order valence-corrected chi connectivity index (χ0v) is 52.1. The maximum atomic E-state index is 15.0. The van der Waals surface area contributed by atoms with Crippen molar-refractivity contribution in [2.45, 2.75) is 159 Å². The molecule has 27 nitrogen and oxygen atoms in total. The van der Waals surface area contributed by atoms with Gasteiger partial charge in [-0.25, -0.2) is 4.79 Å². The van der Waals surface area contributed by atoms with Crippen LogP contribution in [0.15, 0.2) is 102 Å². The van der Waals surface area contributed by atoms with Crippen molar-refractivity contribution >= 4 is 82.3 Å². The Hall–Kier alpha value is -9.28. The highest BCUT2D eigenvalue weighted by Crippen LogP contribution is 2.22. The third-order valence-corrected chi connectivity index (χ3v) is 15.9. The fourth-order valence-electron chi connectivity index (χ4n) is 10.1. The van der Waals surface area contributed by atoms with Crippen molar-refractivity contribution in [1.82, 2.24) is 47.4 Å². The van der Waals surface area contributed by atoms with Crippen LogP contribution in [-0.4, -0.2) is 165 Å². The number of benzene rings is 3. The number of aliphatic carboxylic acids is 2. The number of amides is 10. The molecule has 1 fully saturated rings. The highest BCUT2D eigenvalue weighted by Gasteiger charge is 2.41. The van der Waals surface area contributed by atoms with Gasteiger partial charge in [-0.3, -0.25) is 52.7 Å². The molecule has 91 heavy (non-hydrogen) atoms. The number of phenols is 1. The Kier molecular flexibility index (Phi) is 28.5. The number of primary amides is 1. The minimum Gasteiger partial charge on any atom is -0.508 e. The molecule has 0 bridgehead atoms. The first-order valence-electron chi connectivity index (χ1n) is 30.0. The van der Waals surface area contributed by atoms with Crippen molar-refractivity contribution in [3.63, 3.8) is 0 Å². The zero-order chi connectivity index (χ0) is 66.9. The molecule has 3 aromatic carbocycles. The Morgan fingerprint density at radius 3 is 1.54 bits per heavy atom. The highest BCUT2D eigenvalue weighted by atomic mass is 32.1. The van der Waals surface area contributed by atoms with Gasteiger partial charge in [0.1, 0.15) is 60.1 Å². The van der Waals surface area contributed by atoms with Crippen molar-refractivity contribution in [2.75, 3.05) is 13.1 Å². The van der Waals surface area contributed by atoms with E-state index < -0.39 is 144 Å². The summed E-state index contributed by atoms with van der Waals surface area (Å²) in [5.74, 6) is -12.6. The third-order valence-electron chi connectivity index (χ3n) is 15.0. The van der Waals surface area contributed by atoms with Crippen LogP contribution in [0.1, 0.15) is 94.2 Å². The Morgan fingerprint density at radius 2 is 1.02 bits per heavy atom. The van der Waals surface area contributed by atoms with Crippen molar-refractivity contribution in [3.05, 3.63) is 124 Å². The Labute approximate surface area is 531 Å². The molecule has 0 radical (unpaired) electrons. The summed E-state index contributed by atoms with van der Waals surface area (Å²) in [5.41, 5.74) is 19.0. The standard InChI is InChI=1S/C63H84N12O15S/c1-35(2)28-43(68-54(80)42(19-11-25-64)67-61(87)53(66)36(3)4)55(81)73-48(31-39-21-23-40(76)24-22-39)62(88)75-26-12-20-50(75)60(86)72-45(30-38-16-9-6-10-17-38)57(83)69-44(29-37-14-7-5-8-15-37)56(82)70-46(33-51(65)77)58(84)71-47(34-52(78)79)59(85)74-49(63(89)90)32-41-18-13-27-91-41/h5-10,13-18,21-24,27,35-36,42-50,53,76H,11-12,19-20,25-26,28-34,64,66H2,1-4H3,(H2,65,77)(H,67,87)(H,68,80)(H,69,83)(H,70,82)(H,71,84)(H,72,86)(H,73,81)(H,74,85)(H,78,79)(H,89,90)/t42-,43-,44-,45-,46-,47-,48-,49-,50-,53-/m0/s1. The lowest BCUT2D eigenvalue weighted by molar-refractivity contribution is -0.144. The molecular formula is C63H84N12O15S. The predicted octanol–water partition coefficient (Wildman–Crippen LogP) is -0.203. The number of rotatable bonds is 36. The van der Waals surface area contributed by atoms with Gasteiger partial charge in [-0.15, -0.1) is 11.3 Å². The number of carbonyl (C=O) groups excluding carboxylic acids is 10. The Balaban J connectivity index is 1.42. The SMILES string of the molecule is CC(C)C[C@H](NC(=O)[C@H](CCCN)NC(=O)[C@@H](N)C(C)C)C(=O)N[C@@H](Cc1ccc(O)cc1)C(=O)N1CCC[C@H]1C(=O)N[C@@H](Cc1ccccc1)C(=O)N[C@@H](Cc1ccccc1)C(=O)N[C@@H](CC(N)=O)C(=O)N[C@@H](CC(=O)O)C(=O)N[C@@H](Cc1cccs1)C(=O)O. The molecule has 2 heterocycles. The van der Waals surface area contributed by atoms with Crippen molar-refractivity contribution in [2.24, 2.45) is 29.0 Å². The molecule has 0 unspecified atom stereocenters. The molecule has 28 heteroatoms. The number of hydrogen-bond acceptors (Lipinski definition) is 16. The molecule has 1 aliphatic heterocycles. The van der Waals surface area contributed by atoms with Gasteiger partial charge >= 0.3 is 11.9 Å². The summed E-state index contributed by atoms with van der Waals surface area (Å²) in [4.78, 5) is 167. The average Bonchev–Trinajstić information content (AvgIpc) is 2.02. The number of hydrogen-bond donors (Lipinski definition) is 14. The molecule has 10 amide bonds. The minimum atomic E-state index is -1.93. The summed E-state index contributed by atoms with van der Waals surface area (Å²) in [6, 6.07) is 11.6. The van der Waals surface area contributed by atoms with Gasteiger partial charge in [0, 0.05) is 37.1 Å². The van der Waals surface area contributed by atoms with E-state index in [2.05, 4.69) is 42.5 Å². The van der Waals surface area contributed by atoms with E-state index in [0.29, 0.717) is 34.4 Å². The Bertz CT molecular complexity index is 3140. The van der Waals surface area contributed by atoms with Gasteiger partial charge in [0.05, 0.1) is 18.9 Å².